The van der Waals surface area contributed by atoms with Crippen molar-refractivity contribution in [3.8, 4) is 0 Å². The summed E-state index contributed by atoms with van der Waals surface area (Å²) >= 11 is 1.29. The number of nitrogens with zero attached hydrogens (tertiary/aromatic N) is 4. The number of halogens is 3. The molecule has 14 heteroatoms. The van der Waals surface area contributed by atoms with Crippen molar-refractivity contribution in [2.24, 2.45) is 4.99 Å². The van der Waals surface area contributed by atoms with E-state index in [4.69, 9.17) is 9.73 Å². The largest absolute Gasteiger partial charge is 0.463 e. The zero-order valence-electron chi connectivity index (χ0n) is 21.5. The number of carbonyl (C=O) groups excluding carboxylic acids is 1. The van der Waals surface area contributed by atoms with Crippen LogP contribution in [0.15, 0.2) is 46.0 Å². The highest BCUT2D eigenvalue weighted by Gasteiger charge is 2.61. The normalized spacial score (nSPS) is 25.4. The van der Waals surface area contributed by atoms with E-state index in [0.717, 1.165) is 10.6 Å². The van der Waals surface area contributed by atoms with Gasteiger partial charge in [0.15, 0.2) is 10.8 Å². The standard InChI is InChI=1S/C25H28F3N5O4S2/c1-4-37-24(34)19-17(12-32-13-25(27,28)21-18(32)8-10-33(21)39(3,35)36)30-22(23-29-9-11-38-23)31-20(19)15-6-5-7-16(26)14(15)2/h5-7,9,11,18,20-21H,4,8,10,12-13H2,1-3H3,(H,30,31). The monoisotopic (exact) mass is 583 g/mol. The Bertz CT molecular complexity index is 1450. The van der Waals surface area contributed by atoms with Gasteiger partial charge in [0.05, 0.1) is 25.0 Å². The van der Waals surface area contributed by atoms with Crippen molar-refractivity contribution < 1.29 is 31.1 Å². The second-order valence-electron chi connectivity index (χ2n) is 9.75. The van der Waals surface area contributed by atoms with Crippen LogP contribution in [0.3, 0.4) is 0 Å². The van der Waals surface area contributed by atoms with Gasteiger partial charge in [-0.1, -0.05) is 12.1 Å². The van der Waals surface area contributed by atoms with E-state index in [0.29, 0.717) is 22.0 Å². The Labute approximate surface area is 228 Å². The predicted octanol–water partition coefficient (Wildman–Crippen LogP) is 2.85. The average Bonchev–Trinajstić information content (AvgIpc) is 3.59. The number of aliphatic imine (C=N–C) groups is 1. The third-order valence-electron chi connectivity index (χ3n) is 7.28. The summed E-state index contributed by atoms with van der Waals surface area (Å²) in [6.07, 6.45) is 2.73. The molecule has 1 aromatic heterocycles. The number of fused-ring (bicyclic) bond motifs is 1. The molecule has 39 heavy (non-hydrogen) atoms. The Morgan fingerprint density at radius 2 is 2.10 bits per heavy atom. The van der Waals surface area contributed by atoms with E-state index in [1.54, 1.807) is 31.5 Å². The minimum Gasteiger partial charge on any atom is -0.463 e. The number of amidine groups is 1. The first kappa shape index (κ1) is 27.7. The van der Waals surface area contributed by atoms with E-state index in [-0.39, 0.29) is 37.4 Å². The van der Waals surface area contributed by atoms with Crippen LogP contribution in [0.2, 0.25) is 0 Å². The maximum atomic E-state index is 15.3. The molecule has 0 saturated carbocycles. The zero-order valence-corrected chi connectivity index (χ0v) is 23.2. The van der Waals surface area contributed by atoms with E-state index in [9.17, 15) is 17.6 Å². The maximum absolute atomic E-state index is 15.3. The molecule has 0 amide bonds. The van der Waals surface area contributed by atoms with Gasteiger partial charge in [-0.3, -0.25) is 9.89 Å². The van der Waals surface area contributed by atoms with Gasteiger partial charge in [0.1, 0.15) is 17.9 Å². The Morgan fingerprint density at radius 3 is 2.77 bits per heavy atom. The van der Waals surface area contributed by atoms with E-state index >= 15 is 8.78 Å². The molecule has 3 aliphatic heterocycles. The number of hydrogen-bond donors (Lipinski definition) is 1. The fraction of sp³-hybridized carbons (Fsp3) is 0.480. The second kappa shape index (κ2) is 10.3. The van der Waals surface area contributed by atoms with Gasteiger partial charge in [0, 0.05) is 36.4 Å². The number of esters is 1. The van der Waals surface area contributed by atoms with Crippen molar-refractivity contribution in [1.82, 2.24) is 19.5 Å². The number of alkyl halides is 2. The number of aromatic nitrogens is 1. The SMILES string of the molecule is CCOC(=O)C1=C(CN2CC(F)(F)C3C2CCN3S(C)(=O)=O)NC(c2nccs2)=NC1c1cccc(F)c1C. The number of thiazole rings is 1. The highest BCUT2D eigenvalue weighted by molar-refractivity contribution is 7.88. The zero-order chi connectivity index (χ0) is 28.1. The third-order valence-corrected chi connectivity index (χ3v) is 9.32. The van der Waals surface area contributed by atoms with Crippen LogP contribution >= 0.6 is 11.3 Å². The number of likely N-dealkylation sites (tertiary alicyclic amines) is 1. The van der Waals surface area contributed by atoms with Gasteiger partial charge >= 0.3 is 5.97 Å². The molecule has 1 aromatic carbocycles. The minimum atomic E-state index is -3.84. The number of ether oxygens (including phenoxy) is 1. The Hall–Kier alpha value is -2.81. The van der Waals surface area contributed by atoms with Crippen LogP contribution in [-0.2, 0) is 19.6 Å². The summed E-state index contributed by atoms with van der Waals surface area (Å²) in [6, 6.07) is 1.24. The molecule has 3 atom stereocenters. The molecule has 0 aliphatic carbocycles. The van der Waals surface area contributed by atoms with Gasteiger partial charge < -0.3 is 10.1 Å². The quantitative estimate of drug-likeness (QED) is 0.500. The van der Waals surface area contributed by atoms with E-state index in [1.807, 2.05) is 0 Å². The Balaban J connectivity index is 1.60. The summed E-state index contributed by atoms with van der Waals surface area (Å²) in [5.41, 5.74) is 1.08. The van der Waals surface area contributed by atoms with E-state index < -0.39 is 52.4 Å². The molecule has 1 N–H and O–H groups in total. The van der Waals surface area contributed by atoms with Crippen molar-refractivity contribution in [3.63, 3.8) is 0 Å². The molecular formula is C25H28F3N5O4S2. The van der Waals surface area contributed by atoms with Crippen LogP contribution in [0.5, 0.6) is 0 Å². The van der Waals surface area contributed by atoms with Crippen LogP contribution in [-0.4, -0.2) is 84.9 Å². The van der Waals surface area contributed by atoms with Crippen molar-refractivity contribution >= 4 is 33.2 Å². The second-order valence-corrected chi connectivity index (χ2v) is 12.6. The molecule has 0 spiro atoms. The predicted molar refractivity (Wildman–Crippen MR) is 140 cm³/mol. The van der Waals surface area contributed by atoms with E-state index in [2.05, 4.69) is 10.3 Å². The van der Waals surface area contributed by atoms with Gasteiger partial charge in [-0.15, -0.1) is 11.3 Å². The summed E-state index contributed by atoms with van der Waals surface area (Å²) in [7, 11) is -3.84. The minimum absolute atomic E-state index is 0.0194. The number of benzene rings is 1. The molecule has 210 valence electrons. The van der Waals surface area contributed by atoms with E-state index in [1.165, 1.54) is 28.4 Å². The molecule has 0 radical (unpaired) electrons. The van der Waals surface area contributed by atoms with Gasteiger partial charge in [0.2, 0.25) is 10.0 Å². The number of carbonyl (C=O) groups is 1. The summed E-state index contributed by atoms with van der Waals surface area (Å²) < 4.78 is 75.8. The van der Waals surface area contributed by atoms with Crippen molar-refractivity contribution in [2.45, 2.75) is 44.3 Å². The third kappa shape index (κ3) is 5.10. The molecule has 4 heterocycles. The molecule has 2 aromatic rings. The summed E-state index contributed by atoms with van der Waals surface area (Å²) in [6.45, 7) is 2.45. The lowest BCUT2D eigenvalue weighted by molar-refractivity contribution is -0.139. The van der Waals surface area contributed by atoms with Crippen LogP contribution < -0.4 is 5.32 Å². The summed E-state index contributed by atoms with van der Waals surface area (Å²) in [4.78, 5) is 23.9. The molecule has 0 bridgehead atoms. The Morgan fingerprint density at radius 1 is 1.33 bits per heavy atom. The highest BCUT2D eigenvalue weighted by atomic mass is 32.2. The first-order chi connectivity index (χ1) is 18.4. The smallest absolute Gasteiger partial charge is 0.338 e. The molecule has 3 aliphatic rings. The lowest BCUT2D eigenvalue weighted by Gasteiger charge is -2.31. The maximum Gasteiger partial charge on any atom is 0.338 e. The molecule has 2 fully saturated rings. The van der Waals surface area contributed by atoms with Crippen molar-refractivity contribution in [1.29, 1.82) is 0 Å². The number of hydrogen-bond acceptors (Lipinski definition) is 9. The molecule has 5 rings (SSSR count). The van der Waals surface area contributed by atoms with Gasteiger partial charge in [-0.2, -0.15) is 4.31 Å². The fourth-order valence-corrected chi connectivity index (χ4v) is 7.35. The molecular weight excluding hydrogens is 555 g/mol. The molecule has 9 nitrogen and oxygen atoms in total. The topological polar surface area (TPSA) is 104 Å². The summed E-state index contributed by atoms with van der Waals surface area (Å²) in [5.74, 6) is -4.17. The molecule has 2 saturated heterocycles. The first-order valence-electron chi connectivity index (χ1n) is 12.4. The lowest BCUT2D eigenvalue weighted by atomic mass is 9.92. The van der Waals surface area contributed by atoms with Crippen LogP contribution in [0, 0.1) is 12.7 Å². The first-order valence-corrected chi connectivity index (χ1v) is 15.1. The number of nitrogens with one attached hydrogen (secondary N) is 1. The number of rotatable bonds is 7. The highest BCUT2D eigenvalue weighted by Crippen LogP contribution is 2.43. The average molecular weight is 584 g/mol. The molecule has 3 unspecified atom stereocenters. The fourth-order valence-electron chi connectivity index (χ4n) is 5.62. The van der Waals surface area contributed by atoms with Gasteiger partial charge in [0.25, 0.3) is 5.92 Å². The van der Waals surface area contributed by atoms with Crippen LogP contribution in [0.1, 0.15) is 35.5 Å². The van der Waals surface area contributed by atoms with Crippen LogP contribution in [0.4, 0.5) is 13.2 Å². The van der Waals surface area contributed by atoms with Gasteiger partial charge in [-0.05, 0) is 37.5 Å². The van der Waals surface area contributed by atoms with Crippen LogP contribution in [0.25, 0.3) is 0 Å². The Kier molecular flexibility index (Phi) is 7.33. The van der Waals surface area contributed by atoms with Crippen molar-refractivity contribution in [2.75, 3.05) is 32.5 Å². The van der Waals surface area contributed by atoms with Crippen molar-refractivity contribution in [3.05, 3.63) is 63.0 Å². The number of sulfonamides is 1. The summed E-state index contributed by atoms with van der Waals surface area (Å²) in [5, 5.41) is 5.37. The van der Waals surface area contributed by atoms with Gasteiger partial charge in [-0.25, -0.2) is 31.4 Å². The lowest BCUT2D eigenvalue weighted by Crippen LogP contribution is -2.47.